The van der Waals surface area contributed by atoms with Crippen LogP contribution in [0.1, 0.15) is 0 Å². The Bertz CT molecular complexity index is 183. The van der Waals surface area contributed by atoms with Crippen LogP contribution in [0.25, 0.3) is 0 Å². The fourth-order valence-corrected chi connectivity index (χ4v) is 0.254. The van der Waals surface area contributed by atoms with Crippen LogP contribution in [0, 0.1) is 0 Å². The van der Waals surface area contributed by atoms with E-state index in [1.807, 2.05) is 0 Å². The van der Waals surface area contributed by atoms with Gasteiger partial charge >= 0.3 is 5.97 Å². The second kappa shape index (κ2) is 4.76. The number of halogens is 1. The smallest absolute Gasteiger partial charge is 0.334 e. The summed E-state index contributed by atoms with van der Waals surface area (Å²) in [4.78, 5) is 20.2. The summed E-state index contributed by atoms with van der Waals surface area (Å²) in [7, 11) is 0. The molecule has 0 saturated heterocycles. The van der Waals surface area contributed by atoms with Crippen LogP contribution in [0.3, 0.4) is 0 Å². The summed E-state index contributed by atoms with van der Waals surface area (Å²) in [5.74, 6) is -0.630. The van der Waals surface area contributed by atoms with E-state index < -0.39 is 11.2 Å². The standard InChI is InChI=1S/C6H5ClO3/c1-2-6(9)10-4-3-5(7)8/h2-4H,1H2. The van der Waals surface area contributed by atoms with Gasteiger partial charge in [0.2, 0.25) is 5.24 Å². The lowest BCUT2D eigenvalue weighted by Crippen LogP contribution is -1.92. The number of carbonyl (C=O) groups is 2. The van der Waals surface area contributed by atoms with Crippen LogP contribution in [0.2, 0.25) is 0 Å². The molecule has 0 aromatic rings. The van der Waals surface area contributed by atoms with Crippen LogP contribution in [-0.2, 0) is 14.3 Å². The lowest BCUT2D eigenvalue weighted by Gasteiger charge is -1.87. The zero-order valence-corrected chi connectivity index (χ0v) is 5.80. The number of ether oxygens (including phenoxy) is 1. The third-order valence-corrected chi connectivity index (χ3v) is 0.676. The fraction of sp³-hybridized carbons (Fsp3) is 0. The molecule has 0 bridgehead atoms. The molecular formula is C6H5ClO3. The van der Waals surface area contributed by atoms with Crippen LogP contribution in [0.15, 0.2) is 25.0 Å². The molecule has 10 heavy (non-hydrogen) atoms. The van der Waals surface area contributed by atoms with Crippen LogP contribution in [-0.4, -0.2) is 11.2 Å². The van der Waals surface area contributed by atoms with E-state index in [0.717, 1.165) is 18.4 Å². The molecule has 0 radical (unpaired) electrons. The highest BCUT2D eigenvalue weighted by atomic mass is 35.5. The Morgan fingerprint density at radius 3 is 2.50 bits per heavy atom. The van der Waals surface area contributed by atoms with Crippen molar-refractivity contribution < 1.29 is 14.3 Å². The van der Waals surface area contributed by atoms with Crippen molar-refractivity contribution in [2.45, 2.75) is 0 Å². The number of allylic oxidation sites excluding steroid dienone is 1. The van der Waals surface area contributed by atoms with Gasteiger partial charge in [0.15, 0.2) is 0 Å². The van der Waals surface area contributed by atoms with Crippen LogP contribution >= 0.6 is 11.6 Å². The molecule has 0 saturated carbocycles. The van der Waals surface area contributed by atoms with Crippen molar-refractivity contribution in [1.82, 2.24) is 0 Å². The van der Waals surface area contributed by atoms with Gasteiger partial charge in [0.05, 0.1) is 6.26 Å². The van der Waals surface area contributed by atoms with Crippen molar-refractivity contribution in [1.29, 1.82) is 0 Å². The Balaban J connectivity index is 3.63. The molecule has 0 rings (SSSR count). The van der Waals surface area contributed by atoms with Crippen molar-refractivity contribution in [3.8, 4) is 0 Å². The number of rotatable bonds is 3. The molecule has 0 aromatic carbocycles. The fourth-order valence-electron chi connectivity index (χ4n) is 0.203. The minimum Gasteiger partial charge on any atom is -0.431 e. The molecule has 0 unspecified atom stereocenters. The second-order valence-electron chi connectivity index (χ2n) is 1.25. The predicted molar refractivity (Wildman–Crippen MR) is 36.3 cm³/mol. The van der Waals surface area contributed by atoms with Gasteiger partial charge in [-0.25, -0.2) is 4.79 Å². The molecule has 0 atom stereocenters. The van der Waals surface area contributed by atoms with Crippen LogP contribution in [0.4, 0.5) is 0 Å². The second-order valence-corrected chi connectivity index (χ2v) is 1.62. The van der Waals surface area contributed by atoms with Gasteiger partial charge < -0.3 is 4.74 Å². The van der Waals surface area contributed by atoms with E-state index in [2.05, 4.69) is 11.3 Å². The minimum absolute atomic E-state index is 0.630. The van der Waals surface area contributed by atoms with Gasteiger partial charge in [-0.1, -0.05) is 6.58 Å². The minimum atomic E-state index is -0.697. The summed E-state index contributed by atoms with van der Waals surface area (Å²) >= 11 is 4.86. The normalized spacial score (nSPS) is 9.30. The molecule has 0 fully saturated rings. The van der Waals surface area contributed by atoms with Gasteiger partial charge in [-0.2, -0.15) is 0 Å². The van der Waals surface area contributed by atoms with E-state index in [0.29, 0.717) is 0 Å². The third-order valence-electron chi connectivity index (χ3n) is 0.550. The number of hydrogen-bond donors (Lipinski definition) is 0. The average Bonchev–Trinajstić information content (AvgIpc) is 1.87. The molecule has 4 heteroatoms. The first-order valence-corrected chi connectivity index (χ1v) is 2.73. The number of hydrogen-bond acceptors (Lipinski definition) is 3. The van der Waals surface area contributed by atoms with E-state index in [4.69, 9.17) is 11.6 Å². The molecule has 0 aliphatic heterocycles. The van der Waals surface area contributed by atoms with Gasteiger partial charge in [-0.3, -0.25) is 4.79 Å². The summed E-state index contributed by atoms with van der Waals surface area (Å²) in [6, 6.07) is 0. The highest BCUT2D eigenvalue weighted by Crippen LogP contribution is 1.85. The topological polar surface area (TPSA) is 43.4 Å². The van der Waals surface area contributed by atoms with E-state index in [1.54, 1.807) is 0 Å². The predicted octanol–water partition coefficient (Wildman–Crippen LogP) is 0.995. The molecule has 0 heterocycles. The van der Waals surface area contributed by atoms with Crippen molar-refractivity contribution in [2.24, 2.45) is 0 Å². The summed E-state index contributed by atoms with van der Waals surface area (Å²) in [6.45, 7) is 3.13. The summed E-state index contributed by atoms with van der Waals surface area (Å²) in [6.07, 6.45) is 2.80. The van der Waals surface area contributed by atoms with Crippen molar-refractivity contribution in [3.05, 3.63) is 25.0 Å². The first-order chi connectivity index (χ1) is 4.66. The van der Waals surface area contributed by atoms with Gasteiger partial charge in [0.1, 0.15) is 0 Å². The molecule has 0 aliphatic rings. The van der Waals surface area contributed by atoms with Gasteiger partial charge in [0.25, 0.3) is 0 Å². The molecule has 0 N–H and O–H groups in total. The maximum Gasteiger partial charge on any atom is 0.334 e. The number of esters is 1. The summed E-state index contributed by atoms with van der Waals surface area (Å²) in [5.41, 5.74) is 0. The maximum absolute atomic E-state index is 10.2. The summed E-state index contributed by atoms with van der Waals surface area (Å²) < 4.78 is 4.26. The first-order valence-electron chi connectivity index (χ1n) is 2.36. The SMILES string of the molecule is C=CC(=O)OC=CC(=O)Cl. The zero-order valence-electron chi connectivity index (χ0n) is 5.04. The van der Waals surface area contributed by atoms with Crippen LogP contribution < -0.4 is 0 Å². The first kappa shape index (κ1) is 8.91. The lowest BCUT2D eigenvalue weighted by molar-refractivity contribution is -0.132. The molecule has 0 aromatic heterocycles. The molecular weight excluding hydrogens is 156 g/mol. The van der Waals surface area contributed by atoms with Crippen molar-refractivity contribution in [2.75, 3.05) is 0 Å². The quantitative estimate of drug-likeness (QED) is 0.268. The lowest BCUT2D eigenvalue weighted by atomic mass is 10.6. The van der Waals surface area contributed by atoms with E-state index in [9.17, 15) is 9.59 Å². The van der Waals surface area contributed by atoms with Gasteiger partial charge in [0, 0.05) is 12.2 Å². The molecule has 54 valence electrons. The Morgan fingerprint density at radius 2 is 2.10 bits per heavy atom. The van der Waals surface area contributed by atoms with Crippen LogP contribution in [0.5, 0.6) is 0 Å². The van der Waals surface area contributed by atoms with Crippen molar-refractivity contribution in [3.63, 3.8) is 0 Å². The molecule has 0 aliphatic carbocycles. The highest BCUT2D eigenvalue weighted by molar-refractivity contribution is 6.66. The maximum atomic E-state index is 10.2. The van der Waals surface area contributed by atoms with E-state index >= 15 is 0 Å². The van der Waals surface area contributed by atoms with E-state index in [-0.39, 0.29) is 0 Å². The average molecular weight is 161 g/mol. The Hall–Kier alpha value is -1.09. The molecule has 0 spiro atoms. The number of carbonyl (C=O) groups excluding carboxylic acids is 2. The zero-order chi connectivity index (χ0) is 7.98. The van der Waals surface area contributed by atoms with Gasteiger partial charge in [-0.15, -0.1) is 0 Å². The van der Waals surface area contributed by atoms with Crippen molar-refractivity contribution >= 4 is 22.8 Å². The van der Waals surface area contributed by atoms with E-state index in [1.165, 1.54) is 0 Å². The molecule has 3 nitrogen and oxygen atoms in total. The Kier molecular flexibility index (Phi) is 4.24. The third kappa shape index (κ3) is 5.05. The Morgan fingerprint density at radius 1 is 1.50 bits per heavy atom. The van der Waals surface area contributed by atoms with Gasteiger partial charge in [-0.05, 0) is 11.6 Å². The summed E-state index contributed by atoms with van der Waals surface area (Å²) in [5, 5.41) is -0.697. The monoisotopic (exact) mass is 160 g/mol. The molecule has 0 amide bonds. The largest absolute Gasteiger partial charge is 0.431 e. The Labute approximate surface area is 62.9 Å². The highest BCUT2D eigenvalue weighted by Gasteiger charge is 1.89.